The first kappa shape index (κ1) is 51.5. The second kappa shape index (κ2) is 31.6. The first-order valence-corrected chi connectivity index (χ1v) is 24.5. The SMILES string of the molecule is CCCCCCCCCCCCCCOc1ccc(C=Nc2cccc(C(=O)Oc3ccc(N=Cc4ccc(OCCCCCCCCCCCCCC)cc4O)c(F)c3)c2)c(O)c1. The maximum absolute atomic E-state index is 15.1. The number of nitrogens with zero attached hydrogens (tertiary/aromatic N) is 2. The number of benzene rings is 4. The molecular formula is C55H75FN2O6. The van der Waals surface area contributed by atoms with E-state index < -0.39 is 11.8 Å². The Hall–Kier alpha value is -5.18. The maximum Gasteiger partial charge on any atom is 0.343 e. The molecule has 0 bridgehead atoms. The average molecular weight is 879 g/mol. The van der Waals surface area contributed by atoms with Crippen LogP contribution in [0.25, 0.3) is 0 Å². The summed E-state index contributed by atoms with van der Waals surface area (Å²) >= 11 is 0. The van der Waals surface area contributed by atoms with E-state index in [0.29, 0.717) is 41.5 Å². The smallest absolute Gasteiger partial charge is 0.343 e. The van der Waals surface area contributed by atoms with Gasteiger partial charge in [-0.2, -0.15) is 0 Å². The van der Waals surface area contributed by atoms with Gasteiger partial charge in [-0.3, -0.25) is 9.98 Å². The molecule has 0 radical (unpaired) electrons. The molecule has 0 aliphatic carbocycles. The van der Waals surface area contributed by atoms with Crippen molar-refractivity contribution in [1.29, 1.82) is 0 Å². The molecule has 4 aromatic carbocycles. The van der Waals surface area contributed by atoms with E-state index in [0.717, 1.165) is 31.7 Å². The molecule has 9 heteroatoms. The molecule has 0 unspecified atom stereocenters. The number of carbonyl (C=O) groups is 1. The van der Waals surface area contributed by atoms with Crippen LogP contribution in [-0.2, 0) is 0 Å². The van der Waals surface area contributed by atoms with Crippen LogP contribution in [0.3, 0.4) is 0 Å². The number of aliphatic imine (C=N–C) groups is 2. The first-order valence-electron chi connectivity index (χ1n) is 24.5. The summed E-state index contributed by atoms with van der Waals surface area (Å²) in [4.78, 5) is 21.7. The topological polar surface area (TPSA) is 110 Å². The minimum atomic E-state index is -0.692. The number of aromatic hydroxyl groups is 2. The van der Waals surface area contributed by atoms with Gasteiger partial charge in [0.1, 0.15) is 28.7 Å². The van der Waals surface area contributed by atoms with Crippen molar-refractivity contribution in [2.45, 2.75) is 168 Å². The molecule has 0 saturated carbocycles. The van der Waals surface area contributed by atoms with Gasteiger partial charge in [0.2, 0.25) is 0 Å². The lowest BCUT2D eigenvalue weighted by atomic mass is 10.1. The summed E-state index contributed by atoms with van der Waals surface area (Å²) in [6, 6.07) is 20.6. The van der Waals surface area contributed by atoms with Crippen LogP contribution in [0.4, 0.5) is 15.8 Å². The fraction of sp³-hybridized carbons (Fsp3) is 0.509. The summed E-state index contributed by atoms with van der Waals surface area (Å²) in [5.74, 6) is -0.164. The number of esters is 1. The van der Waals surface area contributed by atoms with Gasteiger partial charge in [-0.05, 0) is 67.4 Å². The molecule has 0 heterocycles. The molecule has 0 saturated heterocycles. The van der Waals surface area contributed by atoms with Crippen LogP contribution in [-0.4, -0.2) is 41.8 Å². The molecular weight excluding hydrogens is 804 g/mol. The molecule has 348 valence electrons. The predicted molar refractivity (Wildman–Crippen MR) is 262 cm³/mol. The van der Waals surface area contributed by atoms with Crippen LogP contribution >= 0.6 is 0 Å². The van der Waals surface area contributed by atoms with E-state index in [1.54, 1.807) is 54.6 Å². The molecule has 8 nitrogen and oxygen atoms in total. The van der Waals surface area contributed by atoms with E-state index >= 15 is 4.39 Å². The van der Waals surface area contributed by atoms with E-state index in [4.69, 9.17) is 14.2 Å². The number of hydrogen-bond acceptors (Lipinski definition) is 8. The van der Waals surface area contributed by atoms with Crippen molar-refractivity contribution in [2.75, 3.05) is 13.2 Å². The highest BCUT2D eigenvalue weighted by Gasteiger charge is 2.12. The normalized spacial score (nSPS) is 11.5. The van der Waals surface area contributed by atoms with E-state index in [1.807, 2.05) is 6.07 Å². The van der Waals surface area contributed by atoms with Gasteiger partial charge in [-0.15, -0.1) is 0 Å². The largest absolute Gasteiger partial charge is 0.507 e. The molecule has 2 N–H and O–H groups in total. The summed E-state index contributed by atoms with van der Waals surface area (Å²) in [5, 5.41) is 21.2. The van der Waals surface area contributed by atoms with Crippen LogP contribution < -0.4 is 14.2 Å². The third kappa shape index (κ3) is 21.0. The lowest BCUT2D eigenvalue weighted by Gasteiger charge is -2.08. The highest BCUT2D eigenvalue weighted by atomic mass is 19.1. The van der Waals surface area contributed by atoms with Gasteiger partial charge in [-0.1, -0.05) is 161 Å². The Balaban J connectivity index is 1.14. The van der Waals surface area contributed by atoms with Crippen LogP contribution in [0.5, 0.6) is 28.7 Å². The zero-order valence-corrected chi connectivity index (χ0v) is 38.8. The van der Waals surface area contributed by atoms with Crippen molar-refractivity contribution in [3.05, 3.63) is 101 Å². The van der Waals surface area contributed by atoms with E-state index in [2.05, 4.69) is 23.8 Å². The number of hydrogen-bond donors (Lipinski definition) is 2. The zero-order chi connectivity index (χ0) is 45.5. The molecule has 0 amide bonds. The van der Waals surface area contributed by atoms with Gasteiger partial charge < -0.3 is 24.4 Å². The number of unbranched alkanes of at least 4 members (excludes halogenated alkanes) is 22. The molecule has 0 atom stereocenters. The van der Waals surface area contributed by atoms with Crippen LogP contribution in [0, 0.1) is 5.82 Å². The summed E-state index contributed by atoms with van der Waals surface area (Å²) < 4.78 is 32.2. The molecule has 0 spiro atoms. The molecule has 0 aromatic heterocycles. The molecule has 64 heavy (non-hydrogen) atoms. The number of phenolic OH excluding ortho intramolecular Hbond substituents is 2. The van der Waals surface area contributed by atoms with Gasteiger partial charge in [0.15, 0.2) is 5.82 Å². The van der Waals surface area contributed by atoms with Gasteiger partial charge in [0.25, 0.3) is 0 Å². The maximum atomic E-state index is 15.1. The van der Waals surface area contributed by atoms with Crippen LogP contribution in [0.15, 0.2) is 88.8 Å². The minimum absolute atomic E-state index is 0.0129. The van der Waals surface area contributed by atoms with Crippen molar-refractivity contribution < 1.29 is 33.6 Å². The third-order valence-electron chi connectivity index (χ3n) is 11.4. The molecule has 4 rings (SSSR count). The fourth-order valence-electron chi connectivity index (χ4n) is 7.53. The summed E-state index contributed by atoms with van der Waals surface area (Å²) in [7, 11) is 0. The highest BCUT2D eigenvalue weighted by molar-refractivity contribution is 5.93. The number of carbonyl (C=O) groups excluding carboxylic acids is 1. The molecule has 0 aliphatic heterocycles. The van der Waals surface area contributed by atoms with Gasteiger partial charge >= 0.3 is 5.97 Å². The molecule has 0 aliphatic rings. The van der Waals surface area contributed by atoms with Crippen molar-refractivity contribution in [3.63, 3.8) is 0 Å². The Morgan fingerprint density at radius 1 is 0.516 bits per heavy atom. The lowest BCUT2D eigenvalue weighted by molar-refractivity contribution is 0.0734. The van der Waals surface area contributed by atoms with Crippen LogP contribution in [0.2, 0.25) is 0 Å². The molecule has 4 aromatic rings. The second-order valence-electron chi connectivity index (χ2n) is 17.0. The number of rotatable bonds is 34. The lowest BCUT2D eigenvalue weighted by Crippen LogP contribution is -2.08. The average Bonchev–Trinajstić information content (AvgIpc) is 3.29. The number of phenols is 2. The fourth-order valence-corrected chi connectivity index (χ4v) is 7.53. The van der Waals surface area contributed by atoms with Crippen molar-refractivity contribution in [1.82, 2.24) is 0 Å². The van der Waals surface area contributed by atoms with Gasteiger partial charge in [0.05, 0.1) is 30.2 Å². The van der Waals surface area contributed by atoms with E-state index in [-0.39, 0.29) is 28.5 Å². The first-order chi connectivity index (χ1) is 31.4. The Morgan fingerprint density at radius 2 is 0.953 bits per heavy atom. The van der Waals surface area contributed by atoms with Gasteiger partial charge in [0, 0.05) is 41.8 Å². The molecule has 0 fully saturated rings. The summed E-state index contributed by atoms with van der Waals surface area (Å²) in [6.07, 6.45) is 33.6. The third-order valence-corrected chi connectivity index (χ3v) is 11.4. The van der Waals surface area contributed by atoms with Crippen molar-refractivity contribution in [3.8, 4) is 28.7 Å². The number of ether oxygens (including phenoxy) is 3. The number of halogens is 1. The van der Waals surface area contributed by atoms with E-state index in [1.165, 1.54) is 153 Å². The second-order valence-corrected chi connectivity index (χ2v) is 17.0. The monoisotopic (exact) mass is 879 g/mol. The summed E-state index contributed by atoms with van der Waals surface area (Å²) in [5.41, 5.74) is 1.63. The minimum Gasteiger partial charge on any atom is -0.507 e. The van der Waals surface area contributed by atoms with Crippen molar-refractivity contribution in [2.24, 2.45) is 9.98 Å². The van der Waals surface area contributed by atoms with Crippen molar-refractivity contribution >= 4 is 29.8 Å². The Bertz CT molecular complexity index is 1980. The Labute approximate surface area is 383 Å². The Morgan fingerprint density at radius 3 is 1.41 bits per heavy atom. The zero-order valence-electron chi connectivity index (χ0n) is 38.8. The summed E-state index contributed by atoms with van der Waals surface area (Å²) in [6.45, 7) is 5.70. The van der Waals surface area contributed by atoms with E-state index in [9.17, 15) is 15.0 Å². The quantitative estimate of drug-likeness (QED) is 0.0209. The Kier molecular flexibility index (Phi) is 25.4. The van der Waals surface area contributed by atoms with Crippen LogP contribution in [0.1, 0.15) is 189 Å². The highest BCUT2D eigenvalue weighted by Crippen LogP contribution is 2.28. The predicted octanol–water partition coefficient (Wildman–Crippen LogP) is 16.1. The standard InChI is InChI=1S/C55H75FN2O6/c1-3-5-7-9-11-13-15-17-19-21-23-25-36-62-48-32-30-45(53(59)40-48)42-57-47-29-27-28-44(38-47)55(61)64-50-34-35-52(51(56)39-50)58-43-46-31-33-49(41-54(46)60)63-37-26-24-22-20-18-16-14-12-10-8-6-4-2/h27-35,38-43,59-60H,3-26,36-37H2,1-2H3. The van der Waals surface area contributed by atoms with Gasteiger partial charge in [-0.25, -0.2) is 9.18 Å².